The summed E-state index contributed by atoms with van der Waals surface area (Å²) in [5.41, 5.74) is 15.3. The van der Waals surface area contributed by atoms with E-state index in [-0.39, 0.29) is 0 Å². The summed E-state index contributed by atoms with van der Waals surface area (Å²) >= 11 is 14.4. The molecule has 0 unspecified atom stereocenters. The number of rotatable bonds is 7. The lowest BCUT2D eigenvalue weighted by atomic mass is 10.2. The van der Waals surface area contributed by atoms with Crippen LogP contribution in [0, 0.1) is 6.92 Å². The number of benzene rings is 2. The second-order valence-electron chi connectivity index (χ2n) is 5.36. The van der Waals surface area contributed by atoms with E-state index in [0.717, 1.165) is 30.2 Å². The Morgan fingerprint density at radius 3 is 1.58 bits per heavy atom. The van der Waals surface area contributed by atoms with Crippen molar-refractivity contribution in [1.29, 1.82) is 0 Å². The Hall–Kier alpha value is -1.37. The molecule has 2 aromatic rings. The van der Waals surface area contributed by atoms with Gasteiger partial charge in [0.2, 0.25) is 0 Å². The van der Waals surface area contributed by atoms with E-state index in [1.807, 2.05) is 55.5 Å². The number of nitrogens with zero attached hydrogens (tertiary/aromatic N) is 3. The van der Waals surface area contributed by atoms with Gasteiger partial charge in [0.15, 0.2) is 4.30 Å². The Balaban J connectivity index is 0.000000765. The number of halogens is 3. The van der Waals surface area contributed by atoms with E-state index in [1.54, 1.807) is 0 Å². The number of hydrogen-bond donors (Lipinski definition) is 2. The molecule has 0 spiro atoms. The predicted molar refractivity (Wildman–Crippen MR) is 113 cm³/mol. The van der Waals surface area contributed by atoms with Gasteiger partial charge < -0.3 is 16.4 Å². The summed E-state index contributed by atoms with van der Waals surface area (Å²) in [5.74, 6) is 0. The van der Waals surface area contributed by atoms with Crippen LogP contribution in [0.3, 0.4) is 0 Å². The zero-order valence-electron chi connectivity index (χ0n) is 14.7. The highest BCUT2D eigenvalue weighted by Gasteiger charge is 2.04. The van der Waals surface area contributed by atoms with E-state index in [9.17, 15) is 0 Å². The fourth-order valence-electron chi connectivity index (χ4n) is 2.14. The van der Waals surface area contributed by atoms with Crippen LogP contribution >= 0.6 is 34.8 Å². The number of alkyl halides is 3. The van der Waals surface area contributed by atoms with Crippen LogP contribution in [-0.4, -0.2) is 30.5 Å². The highest BCUT2D eigenvalue weighted by Crippen LogP contribution is 2.22. The summed E-state index contributed by atoms with van der Waals surface area (Å²) in [7, 11) is 0. The number of anilines is 1. The van der Waals surface area contributed by atoms with Gasteiger partial charge in [-0.25, -0.2) is 0 Å². The minimum absolute atomic E-state index is 0.606. The van der Waals surface area contributed by atoms with Crippen LogP contribution in [0.15, 0.2) is 58.8 Å². The lowest BCUT2D eigenvalue weighted by molar-refractivity contribution is 0.782. The summed E-state index contributed by atoms with van der Waals surface area (Å²) in [6, 6.07) is 15.9. The number of hydrogen-bond acceptors (Lipinski definition) is 5. The normalized spacial score (nSPS) is 10.7. The fraction of sp³-hybridized carbons (Fsp3) is 0.333. The Morgan fingerprint density at radius 1 is 0.808 bits per heavy atom. The molecule has 0 radical (unpaired) electrons. The number of nitrogens with two attached hydrogens (primary N) is 2. The first-order chi connectivity index (χ1) is 12.5. The van der Waals surface area contributed by atoms with E-state index in [4.69, 9.17) is 46.3 Å². The Bertz CT molecular complexity index is 636. The first kappa shape index (κ1) is 22.7. The standard InChI is InChI=1S/C17H23N5.CHCl3/c1-14-2-4-15(5-3-14)20-21-16-6-8-17(9-7-16)22(12-10-18)13-11-19;2-1(3)4/h2-9H,10-13,18-19H2,1H3;1H. The van der Waals surface area contributed by atoms with Crippen molar-refractivity contribution in [2.24, 2.45) is 21.7 Å². The van der Waals surface area contributed by atoms with Crippen LogP contribution in [0.5, 0.6) is 0 Å². The second kappa shape index (κ2) is 12.9. The number of azo groups is 1. The van der Waals surface area contributed by atoms with E-state index >= 15 is 0 Å². The SMILES string of the molecule is Cc1ccc(N=Nc2ccc(N(CCN)CCN)cc2)cc1.ClC(Cl)Cl. The third-order valence-electron chi connectivity index (χ3n) is 3.33. The van der Waals surface area contributed by atoms with Crippen molar-refractivity contribution in [3.05, 3.63) is 54.1 Å². The van der Waals surface area contributed by atoms with Gasteiger partial charge in [0.1, 0.15) is 0 Å². The molecule has 26 heavy (non-hydrogen) atoms. The maximum absolute atomic E-state index is 5.63. The van der Waals surface area contributed by atoms with Gasteiger partial charge in [-0.05, 0) is 43.3 Å². The van der Waals surface area contributed by atoms with Gasteiger partial charge in [-0.1, -0.05) is 52.5 Å². The quantitative estimate of drug-likeness (QED) is 0.485. The van der Waals surface area contributed by atoms with Crippen LogP contribution in [0.2, 0.25) is 0 Å². The summed E-state index contributed by atoms with van der Waals surface area (Å²) in [6.07, 6.45) is 0. The van der Waals surface area contributed by atoms with Gasteiger partial charge in [0.25, 0.3) is 0 Å². The van der Waals surface area contributed by atoms with E-state index < -0.39 is 4.30 Å². The van der Waals surface area contributed by atoms with Gasteiger partial charge in [0.05, 0.1) is 11.4 Å². The summed E-state index contributed by atoms with van der Waals surface area (Å²) < 4.78 is -0.750. The maximum Gasteiger partial charge on any atom is 0.180 e. The molecule has 2 rings (SSSR count). The molecule has 2 aromatic carbocycles. The lowest BCUT2D eigenvalue weighted by Gasteiger charge is -2.23. The van der Waals surface area contributed by atoms with Crippen LogP contribution in [0.4, 0.5) is 17.1 Å². The molecular formula is C18H24Cl3N5. The zero-order valence-corrected chi connectivity index (χ0v) is 16.9. The van der Waals surface area contributed by atoms with Gasteiger partial charge in [0, 0.05) is 31.9 Å². The molecule has 0 heterocycles. The van der Waals surface area contributed by atoms with Gasteiger partial charge in [-0.15, -0.1) is 0 Å². The largest absolute Gasteiger partial charge is 0.369 e. The predicted octanol–water partition coefficient (Wildman–Crippen LogP) is 5.12. The molecule has 142 valence electrons. The van der Waals surface area contributed by atoms with Crippen molar-refractivity contribution >= 4 is 51.9 Å². The third-order valence-corrected chi connectivity index (χ3v) is 3.33. The van der Waals surface area contributed by atoms with Crippen molar-refractivity contribution in [2.45, 2.75) is 11.2 Å². The van der Waals surface area contributed by atoms with Crippen LogP contribution in [0.25, 0.3) is 0 Å². The van der Waals surface area contributed by atoms with E-state index in [0.29, 0.717) is 13.1 Å². The van der Waals surface area contributed by atoms with Gasteiger partial charge >= 0.3 is 0 Å². The minimum atomic E-state index is -0.750. The van der Waals surface area contributed by atoms with Gasteiger partial charge in [-0.3, -0.25) is 0 Å². The van der Waals surface area contributed by atoms with Gasteiger partial charge in [-0.2, -0.15) is 10.2 Å². The first-order valence-electron chi connectivity index (χ1n) is 8.12. The van der Waals surface area contributed by atoms with Crippen LogP contribution < -0.4 is 16.4 Å². The zero-order chi connectivity index (χ0) is 19.4. The smallest absolute Gasteiger partial charge is 0.180 e. The molecule has 0 aliphatic carbocycles. The second-order valence-corrected chi connectivity index (χ2v) is 7.34. The van der Waals surface area contributed by atoms with Crippen molar-refractivity contribution in [1.82, 2.24) is 0 Å². The maximum atomic E-state index is 5.63. The molecular weight excluding hydrogens is 393 g/mol. The monoisotopic (exact) mass is 415 g/mol. The van der Waals surface area contributed by atoms with Crippen molar-refractivity contribution < 1.29 is 0 Å². The summed E-state index contributed by atoms with van der Waals surface area (Å²) in [6.45, 7) is 4.85. The van der Waals surface area contributed by atoms with E-state index in [2.05, 4.69) is 15.1 Å². The molecule has 5 nitrogen and oxygen atoms in total. The van der Waals surface area contributed by atoms with E-state index in [1.165, 1.54) is 5.56 Å². The molecule has 0 saturated carbocycles. The molecule has 0 aliphatic rings. The Labute approximate surface area is 169 Å². The van der Waals surface area contributed by atoms with Crippen molar-refractivity contribution in [2.75, 3.05) is 31.1 Å². The fourth-order valence-corrected chi connectivity index (χ4v) is 2.14. The molecule has 0 fully saturated rings. The highest BCUT2D eigenvalue weighted by molar-refractivity contribution is 6.63. The Kier molecular flexibility index (Phi) is 11.2. The highest BCUT2D eigenvalue weighted by atomic mass is 35.6. The average Bonchev–Trinajstić information content (AvgIpc) is 2.61. The summed E-state index contributed by atoms with van der Waals surface area (Å²) in [4.78, 5) is 2.17. The molecule has 0 aliphatic heterocycles. The van der Waals surface area contributed by atoms with Crippen LogP contribution in [0.1, 0.15) is 5.56 Å². The molecule has 0 atom stereocenters. The molecule has 0 saturated heterocycles. The third kappa shape index (κ3) is 9.36. The average molecular weight is 417 g/mol. The minimum Gasteiger partial charge on any atom is -0.369 e. The lowest BCUT2D eigenvalue weighted by Crippen LogP contribution is -2.33. The topological polar surface area (TPSA) is 80.0 Å². The van der Waals surface area contributed by atoms with Crippen molar-refractivity contribution in [3.63, 3.8) is 0 Å². The molecule has 0 aromatic heterocycles. The molecule has 4 N–H and O–H groups in total. The molecule has 8 heteroatoms. The van der Waals surface area contributed by atoms with Crippen LogP contribution in [-0.2, 0) is 0 Å². The summed E-state index contributed by atoms with van der Waals surface area (Å²) in [5, 5.41) is 8.49. The Morgan fingerprint density at radius 2 is 1.19 bits per heavy atom. The molecule has 0 bridgehead atoms. The first-order valence-corrected chi connectivity index (χ1v) is 9.43. The molecule has 0 amide bonds. The van der Waals surface area contributed by atoms with Crippen molar-refractivity contribution in [3.8, 4) is 0 Å². The number of aryl methyl sites for hydroxylation is 1.